The maximum absolute atomic E-state index is 8.81. The molecule has 0 spiro atoms. The Balaban J connectivity index is 0.000000707. The number of fused-ring (bicyclic) bond motifs is 5. The fourth-order valence-corrected chi connectivity index (χ4v) is 6.96. The van der Waals surface area contributed by atoms with E-state index in [1.54, 1.807) is 6.08 Å². The van der Waals surface area contributed by atoms with Crippen LogP contribution < -0.4 is 20.8 Å². The van der Waals surface area contributed by atoms with E-state index in [1.807, 2.05) is 61.7 Å². The van der Waals surface area contributed by atoms with Crippen molar-refractivity contribution in [3.63, 3.8) is 0 Å². The maximum atomic E-state index is 8.81. The zero-order valence-electron chi connectivity index (χ0n) is 28.2. The molecule has 0 atom stereocenters. The van der Waals surface area contributed by atoms with Gasteiger partial charge < -0.3 is 20.2 Å². The number of benzene rings is 5. The molecule has 0 bridgehead atoms. The van der Waals surface area contributed by atoms with Crippen LogP contribution in [0.1, 0.15) is 31.9 Å². The zero-order chi connectivity index (χ0) is 34.0. The molecular weight excluding hydrogens is 597 g/mol. The predicted molar refractivity (Wildman–Crippen MR) is 209 cm³/mol. The number of nitrogens with one attached hydrogen (secondary N) is 2. The Labute approximate surface area is 288 Å². The largest absolute Gasteiger partial charge is 0.361 e. The van der Waals surface area contributed by atoms with Gasteiger partial charge in [0, 0.05) is 44.9 Å². The first-order chi connectivity index (χ1) is 23.9. The summed E-state index contributed by atoms with van der Waals surface area (Å²) < 4.78 is 2.31. The van der Waals surface area contributed by atoms with Crippen molar-refractivity contribution in [3.8, 4) is 5.69 Å². The number of para-hydroxylation sites is 4. The van der Waals surface area contributed by atoms with E-state index in [0.29, 0.717) is 5.71 Å². The fraction of sp³-hybridized carbons (Fsp3) is 0.0889. The van der Waals surface area contributed by atoms with Crippen LogP contribution in [0.2, 0.25) is 0 Å². The first kappa shape index (κ1) is 31.5. The molecular formula is C45H40N4. The van der Waals surface area contributed by atoms with E-state index in [-0.39, 0.29) is 5.41 Å². The molecule has 5 aromatic carbocycles. The molecule has 1 aromatic heterocycles. The molecule has 49 heavy (non-hydrogen) atoms. The van der Waals surface area contributed by atoms with Gasteiger partial charge in [0.25, 0.3) is 0 Å². The van der Waals surface area contributed by atoms with Crippen LogP contribution >= 0.6 is 0 Å². The van der Waals surface area contributed by atoms with Gasteiger partial charge in [-0.05, 0) is 84.8 Å². The van der Waals surface area contributed by atoms with Crippen LogP contribution in [-0.2, 0) is 5.41 Å². The minimum absolute atomic E-state index is 0.0899. The van der Waals surface area contributed by atoms with Crippen molar-refractivity contribution in [2.75, 3.05) is 10.2 Å². The maximum Gasteiger partial charge on any atom is 0.0634 e. The van der Waals surface area contributed by atoms with Gasteiger partial charge in [-0.1, -0.05) is 111 Å². The summed E-state index contributed by atoms with van der Waals surface area (Å²) in [5.74, 6) is 0. The van der Waals surface area contributed by atoms with Crippen LogP contribution in [0, 0.1) is 5.41 Å². The lowest BCUT2D eigenvalue weighted by molar-refractivity contribution is 0.632. The number of allylic oxidation sites excluding steroid dienone is 4. The third-order valence-electron chi connectivity index (χ3n) is 9.34. The summed E-state index contributed by atoms with van der Waals surface area (Å²) in [5, 5.41) is 15.5. The molecule has 0 saturated heterocycles. The fourth-order valence-electron chi connectivity index (χ4n) is 6.96. The second-order valence-electron chi connectivity index (χ2n) is 12.7. The molecule has 8 rings (SSSR count). The second-order valence-corrected chi connectivity index (χ2v) is 12.7. The van der Waals surface area contributed by atoms with Crippen molar-refractivity contribution in [1.29, 1.82) is 5.41 Å². The first-order valence-electron chi connectivity index (χ1n) is 16.7. The van der Waals surface area contributed by atoms with Crippen LogP contribution in [0.15, 0.2) is 164 Å². The highest BCUT2D eigenvalue weighted by Gasteiger charge is 2.36. The summed E-state index contributed by atoms with van der Waals surface area (Å²) in [5.41, 5.74) is 10.6. The average molecular weight is 637 g/mol. The number of aromatic nitrogens is 1. The number of hydrogen-bond donors (Lipinski definition) is 2. The minimum Gasteiger partial charge on any atom is -0.361 e. The van der Waals surface area contributed by atoms with Gasteiger partial charge in [0.15, 0.2) is 0 Å². The van der Waals surface area contributed by atoms with E-state index in [1.165, 1.54) is 22.5 Å². The van der Waals surface area contributed by atoms with Crippen molar-refractivity contribution in [1.82, 2.24) is 4.57 Å². The second kappa shape index (κ2) is 13.2. The lowest BCUT2D eigenvalue weighted by Gasteiger charge is -2.42. The Morgan fingerprint density at radius 3 is 1.92 bits per heavy atom. The SMILES string of the molecule is C=C/C=C\C.CC1(C)c2ccccc2N(c2ccc(-n3c4c(c5ccccc53)=CC(=N)/C(=C\Nc3ccccc3)C=4)cc2)c2ccccc21. The Bertz CT molecular complexity index is 2320. The van der Waals surface area contributed by atoms with E-state index in [0.717, 1.165) is 44.1 Å². The number of nitrogens with zero attached hydrogens (tertiary/aromatic N) is 2. The molecule has 6 aromatic rings. The average Bonchev–Trinajstić information content (AvgIpc) is 3.45. The highest BCUT2D eigenvalue weighted by atomic mass is 15.2. The summed E-state index contributed by atoms with van der Waals surface area (Å²) in [6.07, 6.45) is 11.6. The molecule has 1 aliphatic carbocycles. The topological polar surface area (TPSA) is 44.1 Å². The highest BCUT2D eigenvalue weighted by molar-refractivity contribution is 6.25. The molecule has 0 radical (unpaired) electrons. The van der Waals surface area contributed by atoms with Crippen LogP contribution in [0.25, 0.3) is 28.7 Å². The number of anilines is 4. The molecule has 0 fully saturated rings. The van der Waals surface area contributed by atoms with E-state index >= 15 is 0 Å². The lowest BCUT2D eigenvalue weighted by Crippen LogP contribution is -2.33. The summed E-state index contributed by atoms with van der Waals surface area (Å²) >= 11 is 0. The van der Waals surface area contributed by atoms with Crippen LogP contribution in [0.3, 0.4) is 0 Å². The molecule has 240 valence electrons. The van der Waals surface area contributed by atoms with Gasteiger partial charge in [-0.25, -0.2) is 0 Å². The highest BCUT2D eigenvalue weighted by Crippen LogP contribution is 2.51. The van der Waals surface area contributed by atoms with Gasteiger partial charge in [-0.2, -0.15) is 0 Å². The van der Waals surface area contributed by atoms with Gasteiger partial charge in [0.1, 0.15) is 0 Å². The molecule has 4 heteroatoms. The summed E-state index contributed by atoms with van der Waals surface area (Å²) in [6.45, 7) is 10.1. The van der Waals surface area contributed by atoms with E-state index in [9.17, 15) is 0 Å². The molecule has 1 aliphatic heterocycles. The molecule has 0 saturated carbocycles. The Kier molecular flexibility index (Phi) is 8.46. The molecule has 0 amide bonds. The van der Waals surface area contributed by atoms with Crippen LogP contribution in [0.4, 0.5) is 22.7 Å². The smallest absolute Gasteiger partial charge is 0.0634 e. The monoisotopic (exact) mass is 636 g/mol. The summed E-state index contributed by atoms with van der Waals surface area (Å²) in [7, 11) is 0. The van der Waals surface area contributed by atoms with Gasteiger partial charge in [-0.15, -0.1) is 0 Å². The molecule has 2 aliphatic rings. The molecule has 0 unspecified atom stereocenters. The predicted octanol–water partition coefficient (Wildman–Crippen LogP) is 10.1. The Morgan fingerprint density at radius 2 is 1.29 bits per heavy atom. The van der Waals surface area contributed by atoms with Crippen LogP contribution in [-0.4, -0.2) is 10.3 Å². The van der Waals surface area contributed by atoms with Crippen molar-refractivity contribution in [2.45, 2.75) is 26.2 Å². The van der Waals surface area contributed by atoms with Crippen molar-refractivity contribution in [3.05, 3.63) is 186 Å². The number of rotatable bonds is 5. The Hall–Kier alpha value is -6.13. The third kappa shape index (κ3) is 5.72. The third-order valence-corrected chi connectivity index (χ3v) is 9.34. The zero-order valence-corrected chi connectivity index (χ0v) is 28.2. The van der Waals surface area contributed by atoms with Gasteiger partial charge in [0.2, 0.25) is 0 Å². The van der Waals surface area contributed by atoms with Crippen molar-refractivity contribution in [2.24, 2.45) is 0 Å². The normalized spacial score (nSPS) is 15.0. The molecule has 2 N–H and O–H groups in total. The summed E-state index contributed by atoms with van der Waals surface area (Å²) in [4.78, 5) is 2.39. The van der Waals surface area contributed by atoms with E-state index in [2.05, 4.69) is 138 Å². The lowest BCUT2D eigenvalue weighted by atomic mass is 9.73. The molecule has 4 nitrogen and oxygen atoms in total. The Morgan fingerprint density at radius 1 is 0.694 bits per heavy atom. The molecule has 2 heterocycles. The van der Waals surface area contributed by atoms with Gasteiger partial charge >= 0.3 is 0 Å². The quantitative estimate of drug-likeness (QED) is 0.185. The van der Waals surface area contributed by atoms with E-state index < -0.39 is 0 Å². The van der Waals surface area contributed by atoms with E-state index in [4.69, 9.17) is 5.41 Å². The first-order valence-corrected chi connectivity index (χ1v) is 16.7. The minimum atomic E-state index is -0.0899. The summed E-state index contributed by atoms with van der Waals surface area (Å²) in [6, 6.07) is 44.9. The number of hydrogen-bond acceptors (Lipinski definition) is 3. The van der Waals surface area contributed by atoms with Crippen LogP contribution in [0.5, 0.6) is 0 Å². The van der Waals surface area contributed by atoms with Gasteiger partial charge in [-0.3, -0.25) is 0 Å². The van der Waals surface area contributed by atoms with Crippen molar-refractivity contribution < 1.29 is 0 Å². The standard InChI is InChI=1S/C40H32N4.C5H8/c1-40(2)33-15-7-10-18-37(33)44(38-19-11-8-16-34(38)40)30-22-20-29(21-23-30)43-36-17-9-6-14-31(36)32-25-35(41)27(24-39(32)43)26-42-28-12-4-3-5-13-28;1-3-5-4-2/h3-26,41-42H,1-2H3;3-5H,1H2,2H3/b27-26-,41-35?;5-4-. The van der Waals surface area contributed by atoms with Crippen molar-refractivity contribution >= 4 is 51.5 Å². The van der Waals surface area contributed by atoms with Gasteiger partial charge in [0.05, 0.1) is 28.0 Å².